The fourth-order valence-corrected chi connectivity index (χ4v) is 9.75. The molecular weight excluding hydrogens is 366 g/mol. The van der Waals surface area contributed by atoms with Crippen LogP contribution in [0.4, 0.5) is 0 Å². The first-order valence-electron chi connectivity index (χ1n) is 13.5. The molecule has 4 saturated carbocycles. The van der Waals surface area contributed by atoms with Crippen molar-refractivity contribution in [3.05, 3.63) is 0 Å². The Morgan fingerprint density at radius 2 is 1.67 bits per heavy atom. The molecule has 0 aliphatic heterocycles. The smallest absolute Gasteiger partial charge is 0.0503 e. The van der Waals surface area contributed by atoms with E-state index >= 15 is 0 Å². The molecule has 4 aliphatic rings. The summed E-state index contributed by atoms with van der Waals surface area (Å²) in [5.74, 6) is 5.39. The number of rotatable bonds is 6. The van der Waals surface area contributed by atoms with Gasteiger partial charge in [-0.15, -0.1) is 5.16 Å². The molecule has 8 atom stereocenters. The molecule has 0 aromatic heterocycles. The molecule has 0 saturated heterocycles. The fourth-order valence-electron chi connectivity index (χ4n) is 9.75. The van der Waals surface area contributed by atoms with E-state index < -0.39 is 0 Å². The van der Waals surface area contributed by atoms with Gasteiger partial charge in [0.25, 0.3) is 0 Å². The third kappa shape index (κ3) is 3.47. The second-order valence-electron chi connectivity index (χ2n) is 13.0. The van der Waals surface area contributed by atoms with Gasteiger partial charge in [-0.2, -0.15) is 0 Å². The summed E-state index contributed by atoms with van der Waals surface area (Å²) in [5, 5.41) is 13.2. The van der Waals surface area contributed by atoms with Gasteiger partial charge in [-0.05, 0) is 97.7 Å². The molecule has 2 heteroatoms. The van der Waals surface area contributed by atoms with Crippen molar-refractivity contribution in [2.45, 2.75) is 118 Å². The van der Waals surface area contributed by atoms with Gasteiger partial charge in [0.05, 0.1) is 6.21 Å². The lowest BCUT2D eigenvalue weighted by Gasteiger charge is -2.64. The lowest BCUT2D eigenvalue weighted by molar-refractivity contribution is -0.133. The van der Waals surface area contributed by atoms with E-state index in [1.807, 2.05) is 6.21 Å². The fraction of sp³-hybridized carbons (Fsp3) is 0.964. The summed E-state index contributed by atoms with van der Waals surface area (Å²) < 4.78 is 0. The topological polar surface area (TPSA) is 32.6 Å². The summed E-state index contributed by atoms with van der Waals surface area (Å²) in [6.45, 7) is 12.6. The third-order valence-electron chi connectivity index (χ3n) is 11.4. The standard InChI is InChI=1S/C28H49NO/c1-20(2)9-8-10-21(3)23-11-12-24-22-13-18-28(19-29-30)16-7-6-15-27(28,5)25(22)14-17-26(23,24)4/h19-25,30H,6-18H2,1-5H3/t21-,22+,23-,24+,25+,26-,27-,28?/m1/s1. The molecule has 0 amide bonds. The summed E-state index contributed by atoms with van der Waals surface area (Å²) in [7, 11) is 0. The van der Waals surface area contributed by atoms with Crippen LogP contribution < -0.4 is 0 Å². The SMILES string of the molecule is CC(C)CCC[C@@H](C)[C@H]1CC[C@H]2[C@@H]3CCC4(C=NO)CCCC[C@]4(C)[C@H]3CC[C@]12C. The summed E-state index contributed by atoms with van der Waals surface area (Å²) in [6.07, 6.45) is 20.0. The number of hydrogen-bond acceptors (Lipinski definition) is 2. The number of oxime groups is 1. The first-order valence-corrected chi connectivity index (χ1v) is 13.5. The molecule has 0 heterocycles. The van der Waals surface area contributed by atoms with Crippen molar-refractivity contribution < 1.29 is 5.21 Å². The maximum atomic E-state index is 9.52. The average molecular weight is 416 g/mol. The Balaban J connectivity index is 1.52. The molecule has 4 fully saturated rings. The molecule has 0 bridgehead atoms. The summed E-state index contributed by atoms with van der Waals surface area (Å²) in [4.78, 5) is 0. The third-order valence-corrected chi connectivity index (χ3v) is 11.4. The normalized spacial score (nSPS) is 47.1. The molecule has 0 aromatic rings. The van der Waals surface area contributed by atoms with Gasteiger partial charge in [0.1, 0.15) is 0 Å². The Morgan fingerprint density at radius 3 is 2.40 bits per heavy atom. The minimum atomic E-state index is 0.164. The molecule has 1 unspecified atom stereocenters. The monoisotopic (exact) mass is 415 g/mol. The molecule has 1 N–H and O–H groups in total. The minimum absolute atomic E-state index is 0.164. The van der Waals surface area contributed by atoms with Gasteiger partial charge in [-0.3, -0.25) is 0 Å². The summed E-state index contributed by atoms with van der Waals surface area (Å²) in [5.41, 5.74) is 1.09. The van der Waals surface area contributed by atoms with E-state index in [9.17, 15) is 5.21 Å². The van der Waals surface area contributed by atoms with E-state index in [0.29, 0.717) is 10.8 Å². The highest BCUT2D eigenvalue weighted by Gasteiger charge is 2.63. The van der Waals surface area contributed by atoms with Crippen molar-refractivity contribution in [2.75, 3.05) is 0 Å². The molecule has 4 rings (SSSR count). The Bertz CT molecular complexity index is 628. The predicted octanol–water partition coefficient (Wildman–Crippen LogP) is 8.33. The second-order valence-corrected chi connectivity index (χ2v) is 13.0. The highest BCUT2D eigenvalue weighted by Crippen LogP contribution is 2.71. The highest BCUT2D eigenvalue weighted by atomic mass is 16.4. The van der Waals surface area contributed by atoms with E-state index in [4.69, 9.17) is 0 Å². The maximum absolute atomic E-state index is 9.52. The lowest BCUT2D eigenvalue weighted by Crippen LogP contribution is -2.58. The van der Waals surface area contributed by atoms with Crippen LogP contribution in [0.15, 0.2) is 5.16 Å². The van der Waals surface area contributed by atoms with Crippen LogP contribution in [-0.4, -0.2) is 11.4 Å². The van der Waals surface area contributed by atoms with E-state index in [-0.39, 0.29) is 5.41 Å². The van der Waals surface area contributed by atoms with Gasteiger partial charge in [-0.25, -0.2) is 0 Å². The quantitative estimate of drug-likeness (QED) is 0.264. The molecule has 0 radical (unpaired) electrons. The van der Waals surface area contributed by atoms with Gasteiger partial charge in [0, 0.05) is 5.41 Å². The van der Waals surface area contributed by atoms with Gasteiger partial charge in [-0.1, -0.05) is 66.7 Å². The molecular formula is C28H49NO. The van der Waals surface area contributed by atoms with Crippen molar-refractivity contribution in [1.29, 1.82) is 0 Å². The van der Waals surface area contributed by atoms with Crippen LogP contribution in [0, 0.1) is 51.8 Å². The van der Waals surface area contributed by atoms with Crippen LogP contribution in [0.2, 0.25) is 0 Å². The Labute approximate surface area is 186 Å². The molecule has 30 heavy (non-hydrogen) atoms. The van der Waals surface area contributed by atoms with Crippen LogP contribution in [0.5, 0.6) is 0 Å². The largest absolute Gasteiger partial charge is 0.411 e. The van der Waals surface area contributed by atoms with Crippen molar-refractivity contribution in [3.8, 4) is 0 Å². The van der Waals surface area contributed by atoms with Crippen LogP contribution in [0.3, 0.4) is 0 Å². The van der Waals surface area contributed by atoms with Crippen LogP contribution in [0.25, 0.3) is 0 Å². The van der Waals surface area contributed by atoms with E-state index in [2.05, 4.69) is 39.8 Å². The molecule has 2 nitrogen and oxygen atoms in total. The number of fused-ring (bicyclic) bond motifs is 5. The minimum Gasteiger partial charge on any atom is -0.411 e. The van der Waals surface area contributed by atoms with Gasteiger partial charge < -0.3 is 5.21 Å². The van der Waals surface area contributed by atoms with E-state index in [1.54, 1.807) is 0 Å². The van der Waals surface area contributed by atoms with Crippen molar-refractivity contribution in [3.63, 3.8) is 0 Å². The maximum Gasteiger partial charge on any atom is 0.0503 e. The molecule has 0 spiro atoms. The molecule has 4 aliphatic carbocycles. The van der Waals surface area contributed by atoms with Crippen molar-refractivity contribution >= 4 is 6.21 Å². The van der Waals surface area contributed by atoms with E-state index in [0.717, 1.165) is 35.5 Å². The zero-order valence-corrected chi connectivity index (χ0v) is 20.6. The highest BCUT2D eigenvalue weighted by molar-refractivity contribution is 5.67. The van der Waals surface area contributed by atoms with Crippen LogP contribution in [-0.2, 0) is 0 Å². The Hall–Kier alpha value is -0.530. The summed E-state index contributed by atoms with van der Waals surface area (Å²) >= 11 is 0. The zero-order valence-electron chi connectivity index (χ0n) is 20.6. The first kappa shape index (κ1) is 22.7. The summed E-state index contributed by atoms with van der Waals surface area (Å²) in [6, 6.07) is 0. The molecule has 172 valence electrons. The van der Waals surface area contributed by atoms with Crippen molar-refractivity contribution in [1.82, 2.24) is 0 Å². The van der Waals surface area contributed by atoms with Crippen LogP contribution >= 0.6 is 0 Å². The second kappa shape index (κ2) is 8.43. The predicted molar refractivity (Wildman–Crippen MR) is 127 cm³/mol. The van der Waals surface area contributed by atoms with Crippen molar-refractivity contribution in [2.24, 2.45) is 56.9 Å². The lowest BCUT2D eigenvalue weighted by atomic mass is 9.40. The Morgan fingerprint density at radius 1 is 0.900 bits per heavy atom. The van der Waals surface area contributed by atoms with E-state index in [1.165, 1.54) is 83.5 Å². The molecule has 0 aromatic carbocycles. The first-order chi connectivity index (χ1) is 14.3. The zero-order chi connectivity index (χ0) is 21.6. The van der Waals surface area contributed by atoms with Gasteiger partial charge in [0.2, 0.25) is 0 Å². The Kier molecular flexibility index (Phi) is 6.37. The number of nitrogens with zero attached hydrogens (tertiary/aromatic N) is 1. The van der Waals surface area contributed by atoms with Gasteiger partial charge in [0.15, 0.2) is 0 Å². The number of hydrogen-bond donors (Lipinski definition) is 1. The van der Waals surface area contributed by atoms with Gasteiger partial charge >= 0.3 is 0 Å². The average Bonchev–Trinajstić information content (AvgIpc) is 3.05. The van der Waals surface area contributed by atoms with Crippen LogP contribution in [0.1, 0.15) is 118 Å².